The van der Waals surface area contributed by atoms with Crippen molar-refractivity contribution in [3.05, 3.63) is 66.2 Å². The lowest BCUT2D eigenvalue weighted by atomic mass is 10.1. The highest BCUT2D eigenvalue weighted by Crippen LogP contribution is 2.26. The van der Waals surface area contributed by atoms with Gasteiger partial charge in [-0.25, -0.2) is 0 Å². The number of fused-ring (bicyclic) bond motifs is 3. The average Bonchev–Trinajstić information content (AvgIpc) is 3.09. The van der Waals surface area contributed by atoms with Crippen molar-refractivity contribution in [3.8, 4) is 0 Å². The molecular weight excluding hydrogens is 344 g/mol. The molecule has 4 aromatic rings. The summed E-state index contributed by atoms with van der Waals surface area (Å²) in [6.45, 7) is 2.07. The van der Waals surface area contributed by atoms with Crippen LogP contribution in [0, 0.1) is 6.92 Å². The number of nitrogens with zero attached hydrogens (tertiary/aromatic N) is 4. The normalized spacial score (nSPS) is 11.2. The van der Waals surface area contributed by atoms with E-state index in [2.05, 4.69) is 29.3 Å². The second kappa shape index (κ2) is 6.80. The van der Waals surface area contributed by atoms with Gasteiger partial charge in [-0.2, -0.15) is 0 Å². The molecule has 0 unspecified atom stereocenters. The zero-order chi connectivity index (χ0) is 18.1. The van der Waals surface area contributed by atoms with Crippen LogP contribution in [0.25, 0.3) is 16.6 Å². The molecule has 0 fully saturated rings. The summed E-state index contributed by atoms with van der Waals surface area (Å²) in [7, 11) is 1.79. The monoisotopic (exact) mass is 362 g/mol. The van der Waals surface area contributed by atoms with Crippen molar-refractivity contribution >= 4 is 39.9 Å². The summed E-state index contributed by atoms with van der Waals surface area (Å²) in [4.78, 5) is 14.2. The number of hydrogen-bond acceptors (Lipinski definition) is 4. The van der Waals surface area contributed by atoms with Gasteiger partial charge in [0.1, 0.15) is 0 Å². The molecule has 0 aliphatic heterocycles. The Hall–Kier alpha value is -2.86. The van der Waals surface area contributed by atoms with Crippen LogP contribution in [0.4, 0.5) is 5.69 Å². The second-order valence-corrected chi connectivity index (χ2v) is 7.04. The average molecular weight is 362 g/mol. The largest absolute Gasteiger partial charge is 0.315 e. The Balaban J connectivity index is 1.62. The maximum absolute atomic E-state index is 12.5. The van der Waals surface area contributed by atoms with Crippen LogP contribution >= 0.6 is 11.8 Å². The molecule has 0 atom stereocenters. The highest BCUT2D eigenvalue weighted by Gasteiger charge is 2.15. The lowest BCUT2D eigenvalue weighted by molar-refractivity contribution is -0.115. The molecule has 0 radical (unpaired) electrons. The van der Waals surface area contributed by atoms with E-state index in [4.69, 9.17) is 0 Å². The molecule has 130 valence electrons. The number of hydrogen-bond donors (Lipinski definition) is 0. The molecule has 0 aliphatic carbocycles. The number of pyridine rings is 1. The molecule has 1 amide bonds. The molecular formula is C20H18N4OS. The van der Waals surface area contributed by atoms with E-state index < -0.39 is 0 Å². The van der Waals surface area contributed by atoms with Gasteiger partial charge in [0.15, 0.2) is 10.8 Å². The number of carbonyl (C=O) groups excluding carboxylic acids is 1. The molecule has 5 nitrogen and oxygen atoms in total. The molecule has 6 heteroatoms. The minimum Gasteiger partial charge on any atom is -0.315 e. The van der Waals surface area contributed by atoms with Crippen molar-refractivity contribution in [1.29, 1.82) is 0 Å². The number of rotatable bonds is 4. The van der Waals surface area contributed by atoms with Gasteiger partial charge in [0, 0.05) is 18.1 Å². The number of benzene rings is 2. The van der Waals surface area contributed by atoms with Gasteiger partial charge < -0.3 is 4.90 Å². The van der Waals surface area contributed by atoms with Gasteiger partial charge in [-0.1, -0.05) is 48.2 Å². The summed E-state index contributed by atoms with van der Waals surface area (Å²) < 4.78 is 2.02. The standard InChI is InChI=1S/C20H18N4OS/c1-14-12-18-21-22-20(24(18)17-11-7-6-10-16(14)17)26-13-19(25)23(2)15-8-4-3-5-9-15/h3-12H,13H2,1-2H3. The number of anilines is 1. The summed E-state index contributed by atoms with van der Waals surface area (Å²) in [6, 6.07) is 19.8. The SMILES string of the molecule is Cc1cc2nnc(SCC(=O)N(C)c3ccccc3)n2c2ccccc12. The van der Waals surface area contributed by atoms with E-state index in [1.165, 1.54) is 11.8 Å². The van der Waals surface area contributed by atoms with Gasteiger partial charge in [0.25, 0.3) is 0 Å². The molecule has 0 N–H and O–H groups in total. The Bertz CT molecular complexity index is 1090. The van der Waals surface area contributed by atoms with Crippen LogP contribution in [0.3, 0.4) is 0 Å². The van der Waals surface area contributed by atoms with E-state index >= 15 is 0 Å². The van der Waals surface area contributed by atoms with Crippen LogP contribution < -0.4 is 4.90 Å². The summed E-state index contributed by atoms with van der Waals surface area (Å²) in [6.07, 6.45) is 0. The van der Waals surface area contributed by atoms with Gasteiger partial charge in [-0.3, -0.25) is 9.20 Å². The Morgan fingerprint density at radius 1 is 1.08 bits per heavy atom. The first-order chi connectivity index (χ1) is 12.6. The van der Waals surface area contributed by atoms with E-state index in [9.17, 15) is 4.79 Å². The summed E-state index contributed by atoms with van der Waals surface area (Å²) in [5.41, 5.74) is 3.90. The Morgan fingerprint density at radius 3 is 2.62 bits per heavy atom. The van der Waals surface area contributed by atoms with Gasteiger partial charge >= 0.3 is 0 Å². The molecule has 0 saturated carbocycles. The van der Waals surface area contributed by atoms with Crippen molar-refractivity contribution in [2.24, 2.45) is 0 Å². The van der Waals surface area contributed by atoms with Crippen LogP contribution in [-0.4, -0.2) is 33.3 Å². The van der Waals surface area contributed by atoms with Crippen LogP contribution in [0.1, 0.15) is 5.56 Å². The predicted octanol–water partition coefficient (Wildman–Crippen LogP) is 3.95. The third kappa shape index (κ3) is 2.93. The van der Waals surface area contributed by atoms with Crippen molar-refractivity contribution in [2.45, 2.75) is 12.1 Å². The molecule has 0 aliphatic rings. The third-order valence-corrected chi connectivity index (χ3v) is 5.33. The van der Waals surface area contributed by atoms with Crippen molar-refractivity contribution in [2.75, 3.05) is 17.7 Å². The first kappa shape index (κ1) is 16.6. The fraction of sp³-hybridized carbons (Fsp3) is 0.150. The van der Waals surface area contributed by atoms with Gasteiger partial charge in [-0.05, 0) is 36.8 Å². The van der Waals surface area contributed by atoms with E-state index in [0.29, 0.717) is 5.75 Å². The molecule has 0 bridgehead atoms. The van der Waals surface area contributed by atoms with Crippen LogP contribution in [-0.2, 0) is 4.79 Å². The van der Waals surface area contributed by atoms with E-state index in [0.717, 1.165) is 33.0 Å². The van der Waals surface area contributed by atoms with Crippen LogP contribution in [0.2, 0.25) is 0 Å². The maximum atomic E-state index is 12.5. The van der Waals surface area contributed by atoms with E-state index in [1.54, 1.807) is 11.9 Å². The first-order valence-electron chi connectivity index (χ1n) is 8.33. The van der Waals surface area contributed by atoms with Crippen molar-refractivity contribution < 1.29 is 4.79 Å². The summed E-state index contributed by atoms with van der Waals surface area (Å²) in [5.74, 6) is 0.323. The number of amides is 1. The highest BCUT2D eigenvalue weighted by atomic mass is 32.2. The quantitative estimate of drug-likeness (QED) is 0.516. The fourth-order valence-corrected chi connectivity index (χ4v) is 3.85. The third-order valence-electron chi connectivity index (χ3n) is 4.42. The predicted molar refractivity (Wildman–Crippen MR) is 106 cm³/mol. The fourth-order valence-electron chi connectivity index (χ4n) is 2.99. The second-order valence-electron chi connectivity index (χ2n) is 6.10. The summed E-state index contributed by atoms with van der Waals surface area (Å²) >= 11 is 1.41. The van der Waals surface area contributed by atoms with E-state index in [-0.39, 0.29) is 5.91 Å². The molecule has 0 spiro atoms. The number of aromatic nitrogens is 3. The Kier molecular flexibility index (Phi) is 4.34. The minimum absolute atomic E-state index is 0.0226. The number of para-hydroxylation sites is 2. The highest BCUT2D eigenvalue weighted by molar-refractivity contribution is 7.99. The minimum atomic E-state index is 0.0226. The molecule has 2 aromatic carbocycles. The Morgan fingerprint density at radius 2 is 1.81 bits per heavy atom. The topological polar surface area (TPSA) is 50.5 Å². The molecule has 4 rings (SSSR count). The van der Waals surface area contributed by atoms with Gasteiger partial charge in [0.2, 0.25) is 5.91 Å². The number of aryl methyl sites for hydroxylation is 1. The van der Waals surface area contributed by atoms with Gasteiger partial charge in [-0.15, -0.1) is 10.2 Å². The van der Waals surface area contributed by atoms with Crippen LogP contribution in [0.15, 0.2) is 65.8 Å². The lowest BCUT2D eigenvalue weighted by Gasteiger charge is -2.16. The summed E-state index contributed by atoms with van der Waals surface area (Å²) in [5, 5.41) is 10.5. The zero-order valence-electron chi connectivity index (χ0n) is 14.6. The van der Waals surface area contributed by atoms with Crippen molar-refractivity contribution in [3.63, 3.8) is 0 Å². The molecule has 26 heavy (non-hydrogen) atoms. The smallest absolute Gasteiger partial charge is 0.237 e. The lowest BCUT2D eigenvalue weighted by Crippen LogP contribution is -2.27. The van der Waals surface area contributed by atoms with Crippen molar-refractivity contribution in [1.82, 2.24) is 14.6 Å². The molecule has 0 saturated heterocycles. The first-order valence-corrected chi connectivity index (χ1v) is 9.31. The molecule has 2 aromatic heterocycles. The van der Waals surface area contributed by atoms with Crippen LogP contribution in [0.5, 0.6) is 0 Å². The molecule has 2 heterocycles. The number of carbonyl (C=O) groups is 1. The number of thioether (sulfide) groups is 1. The maximum Gasteiger partial charge on any atom is 0.237 e. The van der Waals surface area contributed by atoms with E-state index in [1.807, 2.05) is 52.9 Å². The Labute approximate surface area is 155 Å². The zero-order valence-corrected chi connectivity index (χ0v) is 15.4. The van der Waals surface area contributed by atoms with Gasteiger partial charge in [0.05, 0.1) is 11.3 Å².